The van der Waals surface area contributed by atoms with Gasteiger partial charge in [0.05, 0.1) is 9.95 Å². The second kappa shape index (κ2) is 6.73. The molecule has 1 aromatic carbocycles. The molecule has 7 heteroatoms. The summed E-state index contributed by atoms with van der Waals surface area (Å²) in [5.41, 5.74) is -0.179. The fourth-order valence-corrected chi connectivity index (χ4v) is 2.08. The standard InChI is InChI=1S/C12H14Cl2N2O3/c1-3-5-15(4-2)12(17)8-6-9(13)11(14)10(7-8)16(18)19/h6-7H,3-5H2,1-2H3. The van der Waals surface area contributed by atoms with E-state index in [0.29, 0.717) is 13.1 Å². The summed E-state index contributed by atoms with van der Waals surface area (Å²) < 4.78 is 0. The Balaban J connectivity index is 3.20. The Bertz CT molecular complexity index is 506. The third-order valence-electron chi connectivity index (χ3n) is 2.62. The van der Waals surface area contributed by atoms with E-state index >= 15 is 0 Å². The number of hydrogen-bond donors (Lipinski definition) is 0. The number of amides is 1. The first-order chi connectivity index (χ1) is 8.92. The SMILES string of the molecule is CCCN(CC)C(=O)c1cc(Cl)c(Cl)c([N+](=O)[O-])c1. The first-order valence-corrected chi connectivity index (χ1v) is 6.60. The van der Waals surface area contributed by atoms with Crippen molar-refractivity contribution in [3.63, 3.8) is 0 Å². The highest BCUT2D eigenvalue weighted by Gasteiger charge is 2.22. The van der Waals surface area contributed by atoms with Gasteiger partial charge in [0.15, 0.2) is 0 Å². The average molecular weight is 305 g/mol. The van der Waals surface area contributed by atoms with Crippen LogP contribution in [-0.2, 0) is 0 Å². The molecule has 1 amide bonds. The largest absolute Gasteiger partial charge is 0.339 e. The molecule has 1 aromatic rings. The van der Waals surface area contributed by atoms with E-state index in [9.17, 15) is 14.9 Å². The van der Waals surface area contributed by atoms with Crippen molar-refractivity contribution in [2.24, 2.45) is 0 Å². The molecule has 0 saturated carbocycles. The smallest absolute Gasteiger partial charge is 0.290 e. The number of nitro benzene ring substituents is 1. The summed E-state index contributed by atoms with van der Waals surface area (Å²) in [5.74, 6) is -0.286. The summed E-state index contributed by atoms with van der Waals surface area (Å²) in [5, 5.41) is 10.7. The van der Waals surface area contributed by atoms with Crippen molar-refractivity contribution in [2.45, 2.75) is 20.3 Å². The molecule has 1 rings (SSSR count). The Hall–Kier alpha value is -1.33. The summed E-state index contributed by atoms with van der Waals surface area (Å²) in [4.78, 5) is 24.0. The van der Waals surface area contributed by atoms with E-state index < -0.39 is 4.92 Å². The van der Waals surface area contributed by atoms with Gasteiger partial charge in [-0.2, -0.15) is 0 Å². The Labute approximate surface area is 121 Å². The fraction of sp³-hybridized carbons (Fsp3) is 0.417. The van der Waals surface area contributed by atoms with Crippen molar-refractivity contribution in [1.29, 1.82) is 0 Å². The van der Waals surface area contributed by atoms with Crippen LogP contribution in [-0.4, -0.2) is 28.8 Å². The molecule has 0 unspecified atom stereocenters. The average Bonchev–Trinajstić information content (AvgIpc) is 2.37. The Morgan fingerprint density at radius 1 is 1.37 bits per heavy atom. The third-order valence-corrected chi connectivity index (χ3v) is 3.41. The minimum absolute atomic E-state index is 0.00627. The summed E-state index contributed by atoms with van der Waals surface area (Å²) >= 11 is 11.6. The number of rotatable bonds is 5. The van der Waals surface area contributed by atoms with Crippen LogP contribution in [0.15, 0.2) is 12.1 Å². The Kier molecular flexibility index (Phi) is 5.57. The van der Waals surface area contributed by atoms with Gasteiger partial charge in [-0.25, -0.2) is 0 Å². The van der Waals surface area contributed by atoms with Crippen LogP contribution < -0.4 is 0 Å². The van der Waals surface area contributed by atoms with Crippen LogP contribution in [0.5, 0.6) is 0 Å². The topological polar surface area (TPSA) is 63.5 Å². The predicted molar refractivity (Wildman–Crippen MR) is 75.0 cm³/mol. The van der Waals surface area contributed by atoms with Crippen molar-refractivity contribution in [3.8, 4) is 0 Å². The number of halogens is 2. The van der Waals surface area contributed by atoms with Gasteiger partial charge in [-0.1, -0.05) is 30.1 Å². The molecule has 5 nitrogen and oxygen atoms in total. The number of carbonyl (C=O) groups excluding carboxylic acids is 1. The molecule has 0 aliphatic rings. The van der Waals surface area contributed by atoms with Crippen LogP contribution in [0.25, 0.3) is 0 Å². The minimum atomic E-state index is -0.652. The third kappa shape index (κ3) is 3.58. The van der Waals surface area contributed by atoms with Crippen molar-refractivity contribution in [1.82, 2.24) is 4.90 Å². The molecule has 0 aromatic heterocycles. The molecular weight excluding hydrogens is 291 g/mol. The highest BCUT2D eigenvalue weighted by atomic mass is 35.5. The monoisotopic (exact) mass is 304 g/mol. The number of nitro groups is 1. The zero-order chi connectivity index (χ0) is 14.6. The number of benzene rings is 1. The van der Waals surface area contributed by atoms with Crippen molar-refractivity contribution in [2.75, 3.05) is 13.1 Å². The van der Waals surface area contributed by atoms with E-state index in [2.05, 4.69) is 0 Å². The molecule has 0 heterocycles. The predicted octanol–water partition coefficient (Wildman–Crippen LogP) is 3.77. The quantitative estimate of drug-likeness (QED) is 0.614. The van der Waals surface area contributed by atoms with Gasteiger partial charge in [0.1, 0.15) is 5.02 Å². The lowest BCUT2D eigenvalue weighted by atomic mass is 10.1. The van der Waals surface area contributed by atoms with Crippen molar-refractivity contribution < 1.29 is 9.72 Å². The zero-order valence-corrected chi connectivity index (χ0v) is 12.2. The molecule has 0 aliphatic heterocycles. The first kappa shape index (κ1) is 15.7. The van der Waals surface area contributed by atoms with Crippen LogP contribution in [0.3, 0.4) is 0 Å². The highest BCUT2D eigenvalue weighted by Crippen LogP contribution is 2.33. The van der Waals surface area contributed by atoms with Crippen LogP contribution >= 0.6 is 23.2 Å². The lowest BCUT2D eigenvalue weighted by Gasteiger charge is -2.20. The van der Waals surface area contributed by atoms with Crippen molar-refractivity contribution in [3.05, 3.63) is 37.9 Å². The van der Waals surface area contributed by atoms with Crippen LogP contribution in [0.1, 0.15) is 30.6 Å². The highest BCUT2D eigenvalue weighted by molar-refractivity contribution is 6.43. The second-order valence-corrected chi connectivity index (χ2v) is 4.72. The molecule has 104 valence electrons. The molecule has 0 radical (unpaired) electrons. The molecule has 0 fully saturated rings. The van der Waals surface area contributed by atoms with Gasteiger partial charge in [0.2, 0.25) is 0 Å². The fourth-order valence-electron chi connectivity index (χ4n) is 1.69. The molecule has 0 atom stereocenters. The summed E-state index contributed by atoms with van der Waals surface area (Å²) in [7, 11) is 0. The van der Waals surface area contributed by atoms with Gasteiger partial charge < -0.3 is 4.90 Å². The lowest BCUT2D eigenvalue weighted by molar-refractivity contribution is -0.384. The van der Waals surface area contributed by atoms with Gasteiger partial charge in [-0.05, 0) is 19.4 Å². The van der Waals surface area contributed by atoms with Crippen LogP contribution in [0.4, 0.5) is 5.69 Å². The van der Waals surface area contributed by atoms with Gasteiger partial charge in [-0.3, -0.25) is 14.9 Å². The summed E-state index contributed by atoms with van der Waals surface area (Å²) in [6, 6.07) is 2.52. The van der Waals surface area contributed by atoms with Gasteiger partial charge in [0, 0.05) is 24.7 Å². The maximum Gasteiger partial charge on any atom is 0.290 e. The van der Waals surface area contributed by atoms with E-state index in [4.69, 9.17) is 23.2 Å². The maximum absolute atomic E-state index is 12.2. The maximum atomic E-state index is 12.2. The van der Waals surface area contributed by atoms with Crippen LogP contribution in [0.2, 0.25) is 10.0 Å². The Morgan fingerprint density at radius 3 is 2.47 bits per heavy atom. The van der Waals surface area contributed by atoms with Gasteiger partial charge >= 0.3 is 0 Å². The molecule has 0 N–H and O–H groups in total. The number of hydrogen-bond acceptors (Lipinski definition) is 3. The van der Waals surface area contributed by atoms with Gasteiger partial charge in [0.25, 0.3) is 11.6 Å². The summed E-state index contributed by atoms with van der Waals surface area (Å²) in [6.45, 7) is 4.91. The zero-order valence-electron chi connectivity index (χ0n) is 10.7. The van der Waals surface area contributed by atoms with E-state index in [-0.39, 0.29) is 27.2 Å². The van der Waals surface area contributed by atoms with E-state index in [1.54, 1.807) is 4.90 Å². The molecule has 0 bridgehead atoms. The van der Waals surface area contributed by atoms with E-state index in [1.165, 1.54) is 6.07 Å². The number of carbonyl (C=O) groups is 1. The normalized spacial score (nSPS) is 10.3. The lowest BCUT2D eigenvalue weighted by Crippen LogP contribution is -2.31. The molecule has 0 spiro atoms. The first-order valence-electron chi connectivity index (χ1n) is 5.85. The second-order valence-electron chi connectivity index (χ2n) is 3.93. The van der Waals surface area contributed by atoms with E-state index in [0.717, 1.165) is 12.5 Å². The molecular formula is C12H14Cl2N2O3. The molecule has 19 heavy (non-hydrogen) atoms. The number of nitrogens with zero attached hydrogens (tertiary/aromatic N) is 2. The molecule has 0 saturated heterocycles. The minimum Gasteiger partial charge on any atom is -0.339 e. The van der Waals surface area contributed by atoms with Gasteiger partial charge in [-0.15, -0.1) is 0 Å². The summed E-state index contributed by atoms with van der Waals surface area (Å²) in [6.07, 6.45) is 0.809. The van der Waals surface area contributed by atoms with Crippen molar-refractivity contribution >= 4 is 34.8 Å². The van der Waals surface area contributed by atoms with E-state index in [1.807, 2.05) is 13.8 Å². The molecule has 0 aliphatic carbocycles. The Morgan fingerprint density at radius 2 is 2.00 bits per heavy atom. The van der Waals surface area contributed by atoms with Crippen LogP contribution in [0, 0.1) is 10.1 Å².